The van der Waals surface area contributed by atoms with Gasteiger partial charge in [-0.2, -0.15) is 0 Å². The van der Waals surface area contributed by atoms with Gasteiger partial charge >= 0.3 is 5.97 Å². The van der Waals surface area contributed by atoms with E-state index in [4.69, 9.17) is 10.8 Å². The van der Waals surface area contributed by atoms with Gasteiger partial charge in [0.2, 0.25) is 0 Å². The lowest BCUT2D eigenvalue weighted by atomic mass is 9.75. The standard InChI is InChI=1S/C15H21N3O2/c16-13-8-17-14(7-12(13)15(19)20)18-6-5-10-3-1-2-4-11(10)9-18/h7-8,10-11H,1-6,9,16H2,(H,19,20). The maximum atomic E-state index is 11.2. The molecule has 20 heavy (non-hydrogen) atoms. The van der Waals surface area contributed by atoms with Crippen LogP contribution in [-0.4, -0.2) is 29.1 Å². The highest BCUT2D eigenvalue weighted by molar-refractivity contribution is 5.94. The summed E-state index contributed by atoms with van der Waals surface area (Å²) in [6, 6.07) is 1.61. The molecule has 1 aliphatic carbocycles. The summed E-state index contributed by atoms with van der Waals surface area (Å²) in [4.78, 5) is 17.7. The van der Waals surface area contributed by atoms with E-state index in [-0.39, 0.29) is 11.3 Å². The highest BCUT2D eigenvalue weighted by atomic mass is 16.4. The molecule has 1 saturated carbocycles. The van der Waals surface area contributed by atoms with Crippen LogP contribution in [0.5, 0.6) is 0 Å². The van der Waals surface area contributed by atoms with Crippen molar-refractivity contribution in [2.45, 2.75) is 32.1 Å². The molecule has 5 heteroatoms. The van der Waals surface area contributed by atoms with E-state index in [1.165, 1.54) is 38.3 Å². The Labute approximate surface area is 118 Å². The molecule has 0 bridgehead atoms. The fourth-order valence-corrected chi connectivity index (χ4v) is 3.62. The van der Waals surface area contributed by atoms with Crippen molar-refractivity contribution in [1.29, 1.82) is 0 Å². The number of aromatic carboxylic acids is 1. The molecule has 1 aliphatic heterocycles. The van der Waals surface area contributed by atoms with E-state index in [1.54, 1.807) is 6.07 Å². The van der Waals surface area contributed by atoms with Gasteiger partial charge in [0.15, 0.2) is 0 Å². The van der Waals surface area contributed by atoms with E-state index in [1.807, 2.05) is 0 Å². The summed E-state index contributed by atoms with van der Waals surface area (Å²) in [6.45, 7) is 1.97. The summed E-state index contributed by atoms with van der Waals surface area (Å²) < 4.78 is 0. The van der Waals surface area contributed by atoms with E-state index in [2.05, 4.69) is 9.88 Å². The maximum absolute atomic E-state index is 11.2. The number of nitrogen functional groups attached to an aromatic ring is 1. The predicted molar refractivity (Wildman–Crippen MR) is 77.9 cm³/mol. The van der Waals surface area contributed by atoms with E-state index in [0.717, 1.165) is 30.7 Å². The Balaban J connectivity index is 1.79. The Morgan fingerprint density at radius 2 is 2.05 bits per heavy atom. The predicted octanol–water partition coefficient (Wildman–Crippen LogP) is 2.38. The number of carboxylic acids is 1. The maximum Gasteiger partial charge on any atom is 0.337 e. The first kappa shape index (κ1) is 13.2. The van der Waals surface area contributed by atoms with Crippen molar-refractivity contribution < 1.29 is 9.90 Å². The molecule has 0 amide bonds. The number of hydrogen-bond acceptors (Lipinski definition) is 4. The van der Waals surface area contributed by atoms with Crippen LogP contribution >= 0.6 is 0 Å². The third-order valence-corrected chi connectivity index (χ3v) is 4.77. The number of rotatable bonds is 2. The van der Waals surface area contributed by atoms with Gasteiger partial charge < -0.3 is 15.7 Å². The highest BCUT2D eigenvalue weighted by Crippen LogP contribution is 2.37. The van der Waals surface area contributed by atoms with Crippen LogP contribution in [0.15, 0.2) is 12.3 Å². The number of aromatic nitrogens is 1. The summed E-state index contributed by atoms with van der Waals surface area (Å²) in [5, 5.41) is 9.15. The topological polar surface area (TPSA) is 79.5 Å². The van der Waals surface area contributed by atoms with Gasteiger partial charge in [-0.3, -0.25) is 0 Å². The van der Waals surface area contributed by atoms with Crippen LogP contribution in [-0.2, 0) is 0 Å². The van der Waals surface area contributed by atoms with Crippen LogP contribution < -0.4 is 10.6 Å². The van der Waals surface area contributed by atoms with Crippen LogP contribution in [0.2, 0.25) is 0 Å². The Hall–Kier alpha value is -1.78. The average Bonchev–Trinajstić information content (AvgIpc) is 2.47. The van der Waals surface area contributed by atoms with Crippen molar-refractivity contribution in [3.63, 3.8) is 0 Å². The van der Waals surface area contributed by atoms with Gasteiger partial charge in [-0.15, -0.1) is 0 Å². The first-order valence-electron chi connectivity index (χ1n) is 7.39. The Bertz CT molecular complexity index is 518. The molecular weight excluding hydrogens is 254 g/mol. The third-order valence-electron chi connectivity index (χ3n) is 4.77. The molecule has 1 aromatic heterocycles. The quantitative estimate of drug-likeness (QED) is 0.866. The Morgan fingerprint density at radius 1 is 1.30 bits per heavy atom. The third kappa shape index (κ3) is 2.44. The number of piperidine rings is 1. The number of pyridine rings is 1. The summed E-state index contributed by atoms with van der Waals surface area (Å²) in [7, 11) is 0. The molecular formula is C15H21N3O2. The van der Waals surface area contributed by atoms with Crippen molar-refractivity contribution in [3.8, 4) is 0 Å². The number of hydrogen-bond donors (Lipinski definition) is 2. The zero-order chi connectivity index (χ0) is 14.1. The van der Waals surface area contributed by atoms with E-state index in [0.29, 0.717) is 0 Å². The lowest BCUT2D eigenvalue weighted by Gasteiger charge is -2.41. The molecule has 0 aromatic carbocycles. The molecule has 3 N–H and O–H groups in total. The number of nitrogens with two attached hydrogens (primary N) is 1. The van der Waals surface area contributed by atoms with Crippen LogP contribution in [0.1, 0.15) is 42.5 Å². The molecule has 1 saturated heterocycles. The Morgan fingerprint density at radius 3 is 2.80 bits per heavy atom. The molecule has 1 aromatic rings. The second-order valence-electron chi connectivity index (χ2n) is 5.97. The van der Waals surface area contributed by atoms with Gasteiger partial charge in [-0.1, -0.05) is 19.3 Å². The minimum atomic E-state index is -0.987. The largest absolute Gasteiger partial charge is 0.478 e. The monoisotopic (exact) mass is 275 g/mol. The zero-order valence-corrected chi connectivity index (χ0v) is 11.6. The van der Waals surface area contributed by atoms with Crippen molar-refractivity contribution in [2.24, 2.45) is 11.8 Å². The number of carbonyl (C=O) groups is 1. The molecule has 5 nitrogen and oxygen atoms in total. The van der Waals surface area contributed by atoms with Gasteiger partial charge in [0.25, 0.3) is 0 Å². The molecule has 2 fully saturated rings. The second kappa shape index (κ2) is 5.31. The number of carboxylic acid groups (broad SMARTS) is 1. The molecule has 2 unspecified atom stereocenters. The van der Waals surface area contributed by atoms with Gasteiger partial charge in [0, 0.05) is 13.1 Å². The molecule has 2 aliphatic rings. The number of nitrogens with zero attached hydrogens (tertiary/aromatic N) is 2. The second-order valence-corrected chi connectivity index (χ2v) is 5.97. The van der Waals surface area contributed by atoms with Crippen molar-refractivity contribution in [1.82, 2.24) is 4.98 Å². The van der Waals surface area contributed by atoms with Gasteiger partial charge in [-0.05, 0) is 30.7 Å². The fraction of sp³-hybridized carbons (Fsp3) is 0.600. The SMILES string of the molecule is Nc1cnc(N2CCC3CCCCC3C2)cc1C(=O)O. The molecule has 3 rings (SSSR count). The van der Waals surface area contributed by atoms with Gasteiger partial charge in [-0.25, -0.2) is 9.78 Å². The summed E-state index contributed by atoms with van der Waals surface area (Å²) in [6.07, 6.45) is 8.00. The minimum Gasteiger partial charge on any atom is -0.478 e. The number of fused-ring (bicyclic) bond motifs is 1. The summed E-state index contributed by atoms with van der Waals surface area (Å²) in [5.74, 6) is 1.36. The van der Waals surface area contributed by atoms with E-state index < -0.39 is 5.97 Å². The number of anilines is 2. The smallest absolute Gasteiger partial charge is 0.337 e. The highest BCUT2D eigenvalue weighted by Gasteiger charge is 2.31. The van der Waals surface area contributed by atoms with Crippen LogP contribution in [0.3, 0.4) is 0 Å². The van der Waals surface area contributed by atoms with Crippen molar-refractivity contribution >= 4 is 17.5 Å². The minimum absolute atomic E-state index is 0.153. The molecule has 0 spiro atoms. The Kier molecular flexibility index (Phi) is 3.51. The fourth-order valence-electron chi connectivity index (χ4n) is 3.62. The lowest BCUT2D eigenvalue weighted by molar-refractivity contribution is 0.0698. The van der Waals surface area contributed by atoms with Gasteiger partial charge in [0.1, 0.15) is 5.82 Å². The zero-order valence-electron chi connectivity index (χ0n) is 11.6. The van der Waals surface area contributed by atoms with Crippen LogP contribution in [0.25, 0.3) is 0 Å². The van der Waals surface area contributed by atoms with Crippen LogP contribution in [0.4, 0.5) is 11.5 Å². The normalized spacial score (nSPS) is 26.1. The molecule has 2 heterocycles. The first-order chi connectivity index (χ1) is 9.65. The van der Waals surface area contributed by atoms with Crippen molar-refractivity contribution in [3.05, 3.63) is 17.8 Å². The molecule has 0 radical (unpaired) electrons. The molecule has 2 atom stereocenters. The summed E-state index contributed by atoms with van der Waals surface area (Å²) >= 11 is 0. The summed E-state index contributed by atoms with van der Waals surface area (Å²) in [5.41, 5.74) is 6.05. The molecule has 108 valence electrons. The lowest BCUT2D eigenvalue weighted by Crippen LogP contribution is -2.42. The average molecular weight is 275 g/mol. The van der Waals surface area contributed by atoms with E-state index in [9.17, 15) is 4.79 Å². The van der Waals surface area contributed by atoms with E-state index >= 15 is 0 Å². The van der Waals surface area contributed by atoms with Crippen molar-refractivity contribution in [2.75, 3.05) is 23.7 Å². The van der Waals surface area contributed by atoms with Crippen LogP contribution in [0, 0.1) is 11.8 Å². The van der Waals surface area contributed by atoms with Gasteiger partial charge in [0.05, 0.1) is 17.4 Å². The first-order valence-corrected chi connectivity index (χ1v) is 7.39.